The second-order valence-corrected chi connectivity index (χ2v) is 3.24. The van der Waals surface area contributed by atoms with Crippen LogP contribution in [0.4, 0.5) is 13.2 Å². The van der Waals surface area contributed by atoms with Crippen LogP contribution in [0.1, 0.15) is 0 Å². The molecule has 2 atom stereocenters. The topological polar surface area (TPSA) is 32.0 Å². The first-order chi connectivity index (χ1) is 5.51. The summed E-state index contributed by atoms with van der Waals surface area (Å²) in [6, 6.07) is 0. The second-order valence-electron chi connectivity index (χ2n) is 3.24. The van der Waals surface area contributed by atoms with Gasteiger partial charge in [0.25, 0.3) is 0 Å². The lowest BCUT2D eigenvalue weighted by Crippen LogP contribution is -2.44. The molecule has 0 aliphatic carbocycles. The molecule has 2 rings (SSSR count). The SMILES string of the molecule is NCC1(C(F)(F)F)CN1N1CC1. The molecule has 2 aliphatic rings. The van der Waals surface area contributed by atoms with Gasteiger partial charge in [0.15, 0.2) is 5.54 Å². The second kappa shape index (κ2) is 2.12. The third kappa shape index (κ3) is 0.949. The highest BCUT2D eigenvalue weighted by Gasteiger charge is 2.71. The van der Waals surface area contributed by atoms with Gasteiger partial charge < -0.3 is 5.73 Å². The van der Waals surface area contributed by atoms with Gasteiger partial charge in [-0.05, 0) is 0 Å². The van der Waals surface area contributed by atoms with Gasteiger partial charge >= 0.3 is 6.18 Å². The van der Waals surface area contributed by atoms with Crippen molar-refractivity contribution in [1.82, 2.24) is 10.0 Å². The zero-order valence-electron chi connectivity index (χ0n) is 6.43. The minimum Gasteiger partial charge on any atom is -0.328 e. The number of nitrogens with two attached hydrogens (primary N) is 1. The lowest BCUT2D eigenvalue weighted by atomic mass is 10.1. The van der Waals surface area contributed by atoms with E-state index in [1.165, 1.54) is 5.01 Å². The Labute approximate surface area is 67.9 Å². The van der Waals surface area contributed by atoms with Gasteiger partial charge in [0.05, 0.1) is 0 Å². The van der Waals surface area contributed by atoms with E-state index in [4.69, 9.17) is 5.73 Å². The van der Waals surface area contributed by atoms with E-state index in [2.05, 4.69) is 0 Å². The molecule has 0 aromatic rings. The molecule has 6 heteroatoms. The Morgan fingerprint density at radius 2 is 1.92 bits per heavy atom. The fourth-order valence-electron chi connectivity index (χ4n) is 1.39. The van der Waals surface area contributed by atoms with Gasteiger partial charge in [-0.15, -0.1) is 0 Å². The largest absolute Gasteiger partial charge is 0.410 e. The first-order valence-corrected chi connectivity index (χ1v) is 3.80. The van der Waals surface area contributed by atoms with Crippen molar-refractivity contribution in [3.63, 3.8) is 0 Å². The normalized spacial score (nSPS) is 41.5. The molecular formula is C6H10F3N3. The molecule has 0 amide bonds. The summed E-state index contributed by atoms with van der Waals surface area (Å²) >= 11 is 0. The zero-order chi connectivity index (χ0) is 8.98. The summed E-state index contributed by atoms with van der Waals surface area (Å²) in [4.78, 5) is 0. The fourth-order valence-corrected chi connectivity index (χ4v) is 1.39. The van der Waals surface area contributed by atoms with Crippen molar-refractivity contribution in [3.8, 4) is 0 Å². The molecular weight excluding hydrogens is 171 g/mol. The van der Waals surface area contributed by atoms with Crippen LogP contribution >= 0.6 is 0 Å². The summed E-state index contributed by atoms with van der Waals surface area (Å²) in [5.74, 6) is 0. The van der Waals surface area contributed by atoms with Crippen LogP contribution < -0.4 is 5.73 Å². The van der Waals surface area contributed by atoms with Gasteiger partial charge in [-0.2, -0.15) is 13.2 Å². The molecule has 2 fully saturated rings. The quantitative estimate of drug-likeness (QED) is 0.598. The Hall–Kier alpha value is -0.330. The van der Waals surface area contributed by atoms with Crippen LogP contribution in [-0.2, 0) is 0 Å². The van der Waals surface area contributed by atoms with Gasteiger partial charge in [0.1, 0.15) is 0 Å². The molecule has 3 nitrogen and oxygen atoms in total. The Bertz CT molecular complexity index is 201. The van der Waals surface area contributed by atoms with E-state index in [0.29, 0.717) is 0 Å². The monoisotopic (exact) mass is 181 g/mol. The zero-order valence-corrected chi connectivity index (χ0v) is 6.43. The van der Waals surface area contributed by atoms with Crippen LogP contribution in [0, 0.1) is 0 Å². The van der Waals surface area contributed by atoms with Crippen molar-refractivity contribution in [2.75, 3.05) is 26.2 Å². The molecule has 0 aromatic heterocycles. The number of hydrogen-bond donors (Lipinski definition) is 1. The highest BCUT2D eigenvalue weighted by molar-refractivity contribution is 5.13. The predicted octanol–water partition coefficient (Wildman–Crippen LogP) is -0.208. The number of halogens is 3. The van der Waals surface area contributed by atoms with E-state index in [0.717, 1.165) is 13.1 Å². The standard InChI is InChI=1S/C6H10F3N3/c7-6(8,9)5(3-10)4-12(5)11-1-2-11/h1-4,10H2. The van der Waals surface area contributed by atoms with E-state index < -0.39 is 11.7 Å². The lowest BCUT2D eigenvalue weighted by molar-refractivity contribution is -0.176. The third-order valence-electron chi connectivity index (χ3n) is 2.43. The van der Waals surface area contributed by atoms with E-state index in [9.17, 15) is 13.2 Å². The fraction of sp³-hybridized carbons (Fsp3) is 1.00. The molecule has 0 bridgehead atoms. The van der Waals surface area contributed by atoms with Gasteiger partial charge in [-0.25, -0.2) is 10.0 Å². The highest BCUT2D eigenvalue weighted by atomic mass is 19.4. The van der Waals surface area contributed by atoms with Gasteiger partial charge in [-0.1, -0.05) is 0 Å². The van der Waals surface area contributed by atoms with Crippen molar-refractivity contribution in [3.05, 3.63) is 0 Å². The Balaban J connectivity index is 2.08. The average Bonchev–Trinajstić information content (AvgIpc) is 2.81. The van der Waals surface area contributed by atoms with Crippen molar-refractivity contribution < 1.29 is 13.2 Å². The van der Waals surface area contributed by atoms with E-state index in [1.54, 1.807) is 5.01 Å². The van der Waals surface area contributed by atoms with Gasteiger partial charge in [0.2, 0.25) is 0 Å². The summed E-state index contributed by atoms with van der Waals surface area (Å²) in [5, 5.41) is 2.98. The molecule has 0 saturated carbocycles. The van der Waals surface area contributed by atoms with Crippen molar-refractivity contribution in [2.45, 2.75) is 11.7 Å². The number of hydrogen-bond acceptors (Lipinski definition) is 3. The van der Waals surface area contributed by atoms with Crippen LogP contribution in [0.2, 0.25) is 0 Å². The molecule has 2 unspecified atom stereocenters. The number of alkyl halides is 3. The molecule has 2 heterocycles. The Morgan fingerprint density at radius 3 is 2.17 bits per heavy atom. The number of nitrogens with zero attached hydrogens (tertiary/aromatic N) is 2. The molecule has 0 spiro atoms. The molecule has 12 heavy (non-hydrogen) atoms. The Kier molecular flexibility index (Phi) is 1.47. The lowest BCUT2D eigenvalue weighted by Gasteiger charge is -2.19. The van der Waals surface area contributed by atoms with Crippen LogP contribution in [0.25, 0.3) is 0 Å². The highest BCUT2D eigenvalue weighted by Crippen LogP contribution is 2.48. The summed E-state index contributed by atoms with van der Waals surface area (Å²) in [6.07, 6.45) is -4.19. The van der Waals surface area contributed by atoms with Crippen LogP contribution in [-0.4, -0.2) is 47.9 Å². The smallest absolute Gasteiger partial charge is 0.328 e. The molecule has 2 saturated heterocycles. The van der Waals surface area contributed by atoms with Crippen molar-refractivity contribution >= 4 is 0 Å². The maximum Gasteiger partial charge on any atom is 0.410 e. The van der Waals surface area contributed by atoms with E-state index in [1.807, 2.05) is 0 Å². The van der Waals surface area contributed by atoms with Gasteiger partial charge in [0, 0.05) is 26.2 Å². The average molecular weight is 181 g/mol. The maximum atomic E-state index is 12.4. The Morgan fingerprint density at radius 1 is 1.33 bits per heavy atom. The van der Waals surface area contributed by atoms with Crippen molar-refractivity contribution in [1.29, 1.82) is 0 Å². The minimum absolute atomic E-state index is 0.0347. The van der Waals surface area contributed by atoms with Crippen molar-refractivity contribution in [2.24, 2.45) is 5.73 Å². The molecule has 2 aliphatic heterocycles. The third-order valence-corrected chi connectivity index (χ3v) is 2.43. The minimum atomic E-state index is -4.19. The first-order valence-electron chi connectivity index (χ1n) is 3.80. The number of hydrazine groups is 1. The summed E-state index contributed by atoms with van der Waals surface area (Å²) in [6.45, 7) is 1.16. The van der Waals surface area contributed by atoms with E-state index >= 15 is 0 Å². The molecule has 0 aromatic carbocycles. The summed E-state index contributed by atoms with van der Waals surface area (Å²) < 4.78 is 37.2. The first kappa shape index (κ1) is 8.28. The van der Waals surface area contributed by atoms with Gasteiger partial charge in [-0.3, -0.25) is 0 Å². The maximum absolute atomic E-state index is 12.4. The van der Waals surface area contributed by atoms with Crippen LogP contribution in [0.15, 0.2) is 0 Å². The molecule has 0 radical (unpaired) electrons. The van der Waals surface area contributed by atoms with Crippen LogP contribution in [0.5, 0.6) is 0 Å². The molecule has 2 N–H and O–H groups in total. The van der Waals surface area contributed by atoms with Crippen LogP contribution in [0.3, 0.4) is 0 Å². The predicted molar refractivity (Wildman–Crippen MR) is 36.1 cm³/mol. The van der Waals surface area contributed by atoms with E-state index in [-0.39, 0.29) is 13.1 Å². The number of rotatable bonds is 2. The summed E-state index contributed by atoms with van der Waals surface area (Å²) in [5.41, 5.74) is 3.39. The molecule has 70 valence electrons. The summed E-state index contributed by atoms with van der Waals surface area (Å²) in [7, 11) is 0.